The average Bonchev–Trinajstić information content (AvgIpc) is 3.20. The predicted molar refractivity (Wildman–Crippen MR) is 114 cm³/mol. The Kier molecular flexibility index (Phi) is 5.46. The van der Waals surface area contributed by atoms with E-state index in [1.807, 2.05) is 49.4 Å². The molecule has 4 nitrogen and oxygen atoms in total. The standard InChI is InChI=1S/C24H21NO3S/c1-15-21(24(27)28-2)23(22-18(25-15)9-6-10-19(22)26)20-14-13-17(29-20)12-11-16-7-4-3-5-8-16/h3-5,7-8,13-14,21,23H,6,9-10H2,1-2H3/t21?,23-/m0/s1. The third-order valence-corrected chi connectivity index (χ3v) is 6.41. The molecule has 0 saturated heterocycles. The van der Waals surface area contributed by atoms with Crippen LogP contribution in [0.15, 0.2) is 58.7 Å². The third kappa shape index (κ3) is 3.81. The Balaban J connectivity index is 1.74. The van der Waals surface area contributed by atoms with E-state index in [0.29, 0.717) is 17.7 Å². The number of thiophene rings is 1. The predicted octanol–water partition coefficient (Wildman–Crippen LogP) is 4.50. The van der Waals surface area contributed by atoms with Crippen LogP contribution in [0.1, 0.15) is 47.4 Å². The van der Waals surface area contributed by atoms with E-state index in [1.165, 1.54) is 18.4 Å². The van der Waals surface area contributed by atoms with E-state index in [1.54, 1.807) is 0 Å². The number of hydrogen-bond acceptors (Lipinski definition) is 5. The van der Waals surface area contributed by atoms with Crippen LogP contribution >= 0.6 is 11.3 Å². The van der Waals surface area contributed by atoms with Crippen molar-refractivity contribution in [2.24, 2.45) is 10.9 Å². The van der Waals surface area contributed by atoms with Crippen LogP contribution in [0.5, 0.6) is 0 Å². The van der Waals surface area contributed by atoms with Crippen molar-refractivity contribution in [2.75, 3.05) is 7.11 Å². The van der Waals surface area contributed by atoms with Crippen LogP contribution < -0.4 is 0 Å². The lowest BCUT2D eigenvalue weighted by Gasteiger charge is -2.33. The summed E-state index contributed by atoms with van der Waals surface area (Å²) in [6, 6.07) is 13.7. The fourth-order valence-electron chi connectivity index (χ4n) is 3.99. The van der Waals surface area contributed by atoms with E-state index in [2.05, 4.69) is 16.8 Å². The molecule has 0 radical (unpaired) electrons. The van der Waals surface area contributed by atoms with Gasteiger partial charge in [-0.2, -0.15) is 0 Å². The van der Waals surface area contributed by atoms with E-state index in [9.17, 15) is 9.59 Å². The summed E-state index contributed by atoms with van der Waals surface area (Å²) in [5.74, 6) is 5.17. The zero-order chi connectivity index (χ0) is 20.4. The number of hydrogen-bond donors (Lipinski definition) is 0. The van der Waals surface area contributed by atoms with E-state index in [-0.39, 0.29) is 17.7 Å². The highest BCUT2D eigenvalue weighted by Crippen LogP contribution is 2.45. The second-order valence-electron chi connectivity index (χ2n) is 7.19. The van der Waals surface area contributed by atoms with Gasteiger partial charge in [0.2, 0.25) is 0 Å². The monoisotopic (exact) mass is 403 g/mol. The van der Waals surface area contributed by atoms with Crippen LogP contribution in [0, 0.1) is 17.8 Å². The molecule has 1 aromatic heterocycles. The lowest BCUT2D eigenvalue weighted by Crippen LogP contribution is -2.36. The number of nitrogens with zero attached hydrogens (tertiary/aromatic N) is 1. The molecule has 146 valence electrons. The minimum atomic E-state index is -0.575. The summed E-state index contributed by atoms with van der Waals surface area (Å²) in [6.07, 6.45) is 2.08. The first-order chi connectivity index (χ1) is 14.1. The van der Waals surface area contributed by atoms with Crippen molar-refractivity contribution in [3.63, 3.8) is 0 Å². The van der Waals surface area contributed by atoms with Gasteiger partial charge in [-0.15, -0.1) is 11.3 Å². The first-order valence-corrected chi connectivity index (χ1v) is 10.5. The number of carbonyl (C=O) groups is 2. The van der Waals surface area contributed by atoms with Gasteiger partial charge in [-0.3, -0.25) is 14.6 Å². The molecule has 0 spiro atoms. The largest absolute Gasteiger partial charge is 0.468 e. The SMILES string of the molecule is COC(=O)C1C(C)=NC2=C(C(=O)CCC2)[C@H]1c1ccc(C#Cc2ccccc2)s1. The number of methoxy groups -OCH3 is 1. The maximum atomic E-state index is 12.8. The van der Waals surface area contributed by atoms with Gasteiger partial charge in [0.05, 0.1) is 12.0 Å². The lowest BCUT2D eigenvalue weighted by molar-refractivity contribution is -0.143. The van der Waals surface area contributed by atoms with Crippen molar-refractivity contribution >= 4 is 28.8 Å². The second-order valence-corrected chi connectivity index (χ2v) is 8.30. The summed E-state index contributed by atoms with van der Waals surface area (Å²) in [4.78, 5) is 31.9. The van der Waals surface area contributed by atoms with E-state index < -0.39 is 5.92 Å². The molecule has 2 atom stereocenters. The Morgan fingerprint density at radius 1 is 1.14 bits per heavy atom. The van der Waals surface area contributed by atoms with Gasteiger partial charge >= 0.3 is 5.97 Å². The van der Waals surface area contributed by atoms with Gasteiger partial charge in [0.25, 0.3) is 0 Å². The number of ketones is 1. The highest BCUT2D eigenvalue weighted by Gasteiger charge is 2.43. The number of Topliss-reactive ketones (excluding diaryl/α,β-unsaturated/α-hetero) is 1. The summed E-state index contributed by atoms with van der Waals surface area (Å²) in [5, 5.41) is 0. The molecule has 0 amide bonds. The Bertz CT molecular complexity index is 1080. The normalized spacial score (nSPS) is 21.0. The van der Waals surface area contributed by atoms with Crippen LogP contribution in [-0.2, 0) is 14.3 Å². The summed E-state index contributed by atoms with van der Waals surface area (Å²) < 4.78 is 5.06. The average molecular weight is 404 g/mol. The highest BCUT2D eigenvalue weighted by atomic mass is 32.1. The van der Waals surface area contributed by atoms with Crippen molar-refractivity contribution in [1.29, 1.82) is 0 Å². The molecule has 2 heterocycles. The fourth-order valence-corrected chi connectivity index (χ4v) is 5.00. The van der Waals surface area contributed by atoms with Gasteiger partial charge in [-0.05, 0) is 44.0 Å². The zero-order valence-corrected chi connectivity index (χ0v) is 17.2. The topological polar surface area (TPSA) is 55.7 Å². The number of rotatable bonds is 2. The van der Waals surface area contributed by atoms with Crippen LogP contribution in [-0.4, -0.2) is 24.6 Å². The van der Waals surface area contributed by atoms with Gasteiger partial charge in [-0.25, -0.2) is 0 Å². The van der Waals surface area contributed by atoms with Gasteiger partial charge in [0.15, 0.2) is 5.78 Å². The number of allylic oxidation sites excluding steroid dienone is 2. The molecule has 2 aromatic rings. The van der Waals surface area contributed by atoms with Crippen molar-refractivity contribution in [3.8, 4) is 11.8 Å². The first kappa shape index (κ1) is 19.4. The smallest absolute Gasteiger partial charge is 0.315 e. The molecule has 1 unspecified atom stereocenters. The molecule has 0 fully saturated rings. The van der Waals surface area contributed by atoms with Crippen LogP contribution in [0.2, 0.25) is 0 Å². The highest BCUT2D eigenvalue weighted by molar-refractivity contribution is 7.12. The summed E-state index contributed by atoms with van der Waals surface area (Å²) >= 11 is 1.53. The molecule has 1 aliphatic carbocycles. The van der Waals surface area contributed by atoms with Crippen molar-refractivity contribution in [1.82, 2.24) is 0 Å². The van der Waals surface area contributed by atoms with Crippen LogP contribution in [0.3, 0.4) is 0 Å². The van der Waals surface area contributed by atoms with Crippen molar-refractivity contribution in [3.05, 3.63) is 69.1 Å². The quantitative estimate of drug-likeness (QED) is 0.548. The number of ether oxygens (including phenoxy) is 1. The van der Waals surface area contributed by atoms with Crippen molar-refractivity contribution < 1.29 is 14.3 Å². The van der Waals surface area contributed by atoms with E-state index >= 15 is 0 Å². The number of aliphatic imine (C=N–C) groups is 1. The van der Waals surface area contributed by atoms with E-state index in [4.69, 9.17) is 4.74 Å². The lowest BCUT2D eigenvalue weighted by atomic mass is 9.74. The van der Waals surface area contributed by atoms with Gasteiger partial charge < -0.3 is 4.74 Å². The molecule has 4 rings (SSSR count). The van der Waals surface area contributed by atoms with Gasteiger partial charge in [-0.1, -0.05) is 30.0 Å². The maximum absolute atomic E-state index is 12.8. The Morgan fingerprint density at radius 3 is 2.69 bits per heavy atom. The number of esters is 1. The Labute approximate surface area is 174 Å². The van der Waals surface area contributed by atoms with Crippen LogP contribution in [0.25, 0.3) is 0 Å². The molecule has 0 saturated carbocycles. The summed E-state index contributed by atoms with van der Waals surface area (Å²) in [5.41, 5.74) is 3.17. The molecular weight excluding hydrogens is 382 g/mol. The fraction of sp³-hybridized carbons (Fsp3) is 0.292. The molecule has 1 aliphatic heterocycles. The second kappa shape index (κ2) is 8.18. The zero-order valence-electron chi connectivity index (χ0n) is 16.4. The Morgan fingerprint density at radius 2 is 1.93 bits per heavy atom. The first-order valence-electron chi connectivity index (χ1n) is 9.64. The summed E-state index contributed by atoms with van der Waals surface area (Å²) in [6.45, 7) is 1.85. The van der Waals surface area contributed by atoms with Crippen molar-refractivity contribution in [2.45, 2.75) is 32.1 Å². The number of carbonyl (C=O) groups excluding carboxylic acids is 2. The summed E-state index contributed by atoms with van der Waals surface area (Å²) in [7, 11) is 1.38. The minimum Gasteiger partial charge on any atom is -0.468 e. The molecule has 5 heteroatoms. The van der Waals surface area contributed by atoms with E-state index in [0.717, 1.165) is 33.9 Å². The molecule has 0 N–H and O–H groups in total. The number of benzene rings is 1. The van der Waals surface area contributed by atoms with Gasteiger partial charge in [0.1, 0.15) is 5.92 Å². The Hall–Kier alpha value is -2.97. The van der Waals surface area contributed by atoms with Gasteiger partial charge in [0, 0.05) is 39.8 Å². The molecular formula is C24H21NO3S. The minimum absolute atomic E-state index is 0.0896. The van der Waals surface area contributed by atoms with Crippen LogP contribution in [0.4, 0.5) is 0 Å². The molecule has 29 heavy (non-hydrogen) atoms. The molecule has 1 aromatic carbocycles. The third-order valence-electron chi connectivity index (χ3n) is 5.33. The molecule has 2 aliphatic rings. The maximum Gasteiger partial charge on any atom is 0.315 e. The molecule has 0 bridgehead atoms.